The van der Waals surface area contributed by atoms with Crippen LogP contribution in [0, 0.1) is 0 Å². The third-order valence-corrected chi connectivity index (χ3v) is 2.61. The first-order valence-corrected chi connectivity index (χ1v) is 5.16. The van der Waals surface area contributed by atoms with Crippen LogP contribution >= 0.6 is 0 Å². The maximum atomic E-state index is 12.1. The molecule has 2 rings (SSSR count). The molecule has 0 bridgehead atoms. The van der Waals surface area contributed by atoms with Gasteiger partial charge >= 0.3 is 18.1 Å². The first-order valence-electron chi connectivity index (χ1n) is 5.16. The molecule has 2 N–H and O–H groups in total. The number of hydrogen-bond acceptors (Lipinski definition) is 4. The van der Waals surface area contributed by atoms with Gasteiger partial charge in [0.1, 0.15) is 0 Å². The Morgan fingerprint density at radius 1 is 1.37 bits per heavy atom. The molecule has 1 atom stereocenters. The van der Waals surface area contributed by atoms with Crippen LogP contribution in [0.5, 0.6) is 0 Å². The predicted octanol–water partition coefficient (Wildman–Crippen LogP) is 1.59. The van der Waals surface area contributed by atoms with E-state index in [-0.39, 0.29) is 12.1 Å². The average molecular weight is 275 g/mol. The molecular formula is C11H8F3NO4. The summed E-state index contributed by atoms with van der Waals surface area (Å²) in [6, 6.07) is 3.89. The summed E-state index contributed by atoms with van der Waals surface area (Å²) in [5.74, 6) is -3.43. The molecular weight excluding hydrogens is 267 g/mol. The summed E-state index contributed by atoms with van der Waals surface area (Å²) >= 11 is 0. The summed E-state index contributed by atoms with van der Waals surface area (Å²) in [4.78, 5) is 21.5. The molecule has 0 spiro atoms. The number of esters is 1. The van der Waals surface area contributed by atoms with Gasteiger partial charge in [-0.2, -0.15) is 13.2 Å². The molecule has 0 aromatic heterocycles. The van der Waals surface area contributed by atoms with Crippen molar-refractivity contribution in [1.29, 1.82) is 0 Å². The Morgan fingerprint density at radius 3 is 2.63 bits per heavy atom. The lowest BCUT2D eigenvalue weighted by molar-refractivity contribution is -0.206. The van der Waals surface area contributed by atoms with E-state index in [1.54, 1.807) is 0 Å². The van der Waals surface area contributed by atoms with E-state index in [0.717, 1.165) is 0 Å². The standard InChI is InChI=1S/C11H8F3NO4/c12-11(13,14)10(18)19-8-7-2-1-5(9(16)17)3-6(7)4-15-8/h1-3,8,15H,4H2,(H,16,17). The highest BCUT2D eigenvalue weighted by Crippen LogP contribution is 2.29. The number of carbonyl (C=O) groups excluding carboxylic acids is 1. The maximum Gasteiger partial charge on any atom is 0.490 e. The number of alkyl halides is 3. The van der Waals surface area contributed by atoms with Crippen LogP contribution in [-0.2, 0) is 16.1 Å². The zero-order valence-corrected chi connectivity index (χ0v) is 9.32. The number of fused-ring (bicyclic) bond motifs is 1. The van der Waals surface area contributed by atoms with Gasteiger partial charge in [0.15, 0.2) is 6.23 Å². The van der Waals surface area contributed by atoms with Crippen molar-refractivity contribution in [2.45, 2.75) is 18.9 Å². The van der Waals surface area contributed by atoms with Gasteiger partial charge in [-0.1, -0.05) is 6.07 Å². The van der Waals surface area contributed by atoms with Gasteiger partial charge in [0.05, 0.1) is 5.56 Å². The number of carbonyl (C=O) groups is 2. The Bertz CT molecular complexity index is 541. The van der Waals surface area contributed by atoms with Gasteiger partial charge < -0.3 is 9.84 Å². The molecule has 1 heterocycles. The van der Waals surface area contributed by atoms with Gasteiger partial charge in [-0.05, 0) is 17.7 Å². The van der Waals surface area contributed by atoms with Crippen molar-refractivity contribution >= 4 is 11.9 Å². The molecule has 0 aliphatic carbocycles. The van der Waals surface area contributed by atoms with Crippen LogP contribution in [0.15, 0.2) is 18.2 Å². The number of ether oxygens (including phenoxy) is 1. The number of aromatic carboxylic acids is 1. The number of rotatable bonds is 2. The second-order valence-corrected chi connectivity index (χ2v) is 3.88. The zero-order valence-electron chi connectivity index (χ0n) is 9.32. The monoisotopic (exact) mass is 275 g/mol. The molecule has 102 valence electrons. The number of hydrogen-bond donors (Lipinski definition) is 2. The lowest BCUT2D eigenvalue weighted by atomic mass is 10.1. The summed E-state index contributed by atoms with van der Waals surface area (Å²) in [7, 11) is 0. The minimum Gasteiger partial charge on any atom is -0.478 e. The summed E-state index contributed by atoms with van der Waals surface area (Å²) in [5.41, 5.74) is 0.825. The van der Waals surface area contributed by atoms with E-state index in [1.807, 2.05) is 0 Å². The van der Waals surface area contributed by atoms with Crippen LogP contribution in [0.3, 0.4) is 0 Å². The first-order chi connectivity index (χ1) is 8.79. The van der Waals surface area contributed by atoms with Crippen molar-refractivity contribution in [2.75, 3.05) is 0 Å². The highest BCUT2D eigenvalue weighted by molar-refractivity contribution is 5.88. The number of nitrogens with one attached hydrogen (secondary N) is 1. The van der Waals surface area contributed by atoms with Crippen molar-refractivity contribution in [1.82, 2.24) is 5.32 Å². The largest absolute Gasteiger partial charge is 0.490 e. The van der Waals surface area contributed by atoms with Gasteiger partial charge in [-0.15, -0.1) is 0 Å². The molecule has 19 heavy (non-hydrogen) atoms. The van der Waals surface area contributed by atoms with Crippen LogP contribution < -0.4 is 5.32 Å². The smallest absolute Gasteiger partial charge is 0.478 e. The summed E-state index contributed by atoms with van der Waals surface area (Å²) in [6.07, 6.45) is -6.28. The lowest BCUT2D eigenvalue weighted by Crippen LogP contribution is -2.30. The predicted molar refractivity (Wildman–Crippen MR) is 55.1 cm³/mol. The van der Waals surface area contributed by atoms with Gasteiger partial charge in [0.25, 0.3) is 0 Å². The van der Waals surface area contributed by atoms with Gasteiger partial charge in [0.2, 0.25) is 0 Å². The van der Waals surface area contributed by atoms with E-state index in [4.69, 9.17) is 5.11 Å². The highest BCUT2D eigenvalue weighted by Gasteiger charge is 2.43. The van der Waals surface area contributed by atoms with E-state index < -0.39 is 24.3 Å². The third-order valence-electron chi connectivity index (χ3n) is 2.61. The second kappa shape index (κ2) is 4.54. The Hall–Kier alpha value is -2.09. The molecule has 0 saturated heterocycles. The quantitative estimate of drug-likeness (QED) is 0.802. The Balaban J connectivity index is 2.19. The van der Waals surface area contributed by atoms with Crippen molar-refractivity contribution in [3.63, 3.8) is 0 Å². The molecule has 0 radical (unpaired) electrons. The lowest BCUT2D eigenvalue weighted by Gasteiger charge is -2.14. The van der Waals surface area contributed by atoms with Crippen molar-refractivity contribution < 1.29 is 32.6 Å². The van der Waals surface area contributed by atoms with E-state index in [2.05, 4.69) is 10.1 Å². The summed E-state index contributed by atoms with van der Waals surface area (Å²) in [5, 5.41) is 11.3. The van der Waals surface area contributed by atoms with Crippen molar-refractivity contribution in [3.05, 3.63) is 34.9 Å². The van der Waals surface area contributed by atoms with Gasteiger partial charge in [-0.25, -0.2) is 9.59 Å². The van der Waals surface area contributed by atoms with Crippen LogP contribution in [-0.4, -0.2) is 23.2 Å². The molecule has 0 amide bonds. The molecule has 1 aliphatic rings. The van der Waals surface area contributed by atoms with Gasteiger partial charge in [-0.3, -0.25) is 5.32 Å². The topological polar surface area (TPSA) is 75.6 Å². The van der Waals surface area contributed by atoms with E-state index >= 15 is 0 Å². The van der Waals surface area contributed by atoms with Crippen LogP contribution in [0.2, 0.25) is 0 Å². The Labute approximate surface area is 105 Å². The molecule has 5 nitrogen and oxygen atoms in total. The fraction of sp³-hybridized carbons (Fsp3) is 0.273. The SMILES string of the molecule is O=C(O)c1ccc2c(c1)CNC2OC(=O)C(F)(F)F. The van der Waals surface area contributed by atoms with Crippen LogP contribution in [0.1, 0.15) is 27.7 Å². The van der Waals surface area contributed by atoms with E-state index in [1.165, 1.54) is 18.2 Å². The fourth-order valence-corrected chi connectivity index (χ4v) is 1.74. The molecule has 1 aromatic carbocycles. The van der Waals surface area contributed by atoms with Crippen LogP contribution in [0.25, 0.3) is 0 Å². The fourth-order valence-electron chi connectivity index (χ4n) is 1.74. The number of benzene rings is 1. The van der Waals surface area contributed by atoms with E-state index in [0.29, 0.717) is 11.1 Å². The Kier molecular flexibility index (Phi) is 3.19. The number of carboxylic acid groups (broad SMARTS) is 1. The molecule has 0 saturated carbocycles. The normalized spacial score (nSPS) is 17.9. The third kappa shape index (κ3) is 2.68. The average Bonchev–Trinajstić information content (AvgIpc) is 2.70. The molecule has 1 unspecified atom stereocenters. The summed E-state index contributed by atoms with van der Waals surface area (Å²) in [6.45, 7) is 0.131. The highest BCUT2D eigenvalue weighted by atomic mass is 19.4. The van der Waals surface area contributed by atoms with Crippen LogP contribution in [0.4, 0.5) is 13.2 Å². The van der Waals surface area contributed by atoms with Gasteiger partial charge in [0, 0.05) is 12.1 Å². The van der Waals surface area contributed by atoms with E-state index in [9.17, 15) is 22.8 Å². The minimum atomic E-state index is -5.06. The first kappa shape index (κ1) is 13.3. The maximum absolute atomic E-state index is 12.1. The molecule has 8 heteroatoms. The second-order valence-electron chi connectivity index (χ2n) is 3.88. The molecule has 1 aliphatic heterocycles. The minimum absolute atomic E-state index is 0.0170. The number of halogens is 3. The summed E-state index contributed by atoms with van der Waals surface area (Å²) < 4.78 is 40.5. The van der Waals surface area contributed by atoms with Crippen molar-refractivity contribution in [2.24, 2.45) is 0 Å². The molecule has 0 fully saturated rings. The molecule has 1 aromatic rings. The zero-order chi connectivity index (χ0) is 14.2. The number of carboxylic acids is 1. The van der Waals surface area contributed by atoms with Crippen molar-refractivity contribution in [3.8, 4) is 0 Å². The Morgan fingerprint density at radius 2 is 2.05 bits per heavy atom.